The zero-order chi connectivity index (χ0) is 55.4. The third-order valence-corrected chi connectivity index (χ3v) is 15.0. The van der Waals surface area contributed by atoms with Crippen LogP contribution in [0.5, 0.6) is 0 Å². The molecule has 0 aromatic carbocycles. The van der Waals surface area contributed by atoms with Crippen molar-refractivity contribution >= 4 is 118 Å². The van der Waals surface area contributed by atoms with E-state index in [9.17, 15) is 58.5 Å². The minimum atomic E-state index is -1.52. The molecule has 0 aliphatic rings. The number of rotatable bonds is 44. The summed E-state index contributed by atoms with van der Waals surface area (Å²) in [4.78, 5) is 106. The molecule has 422 valence electrons. The molecule has 0 spiro atoms. The lowest BCUT2D eigenvalue weighted by atomic mass is 9.94. The first-order valence-electron chi connectivity index (χ1n) is 25.0. The van der Waals surface area contributed by atoms with Crippen LogP contribution in [-0.4, -0.2) is 135 Å². The summed E-state index contributed by atoms with van der Waals surface area (Å²) in [6.45, 7) is 1.86. The van der Waals surface area contributed by atoms with Gasteiger partial charge in [-0.2, -0.15) is 0 Å². The van der Waals surface area contributed by atoms with E-state index >= 15 is 0 Å². The number of aliphatic carboxylic acids is 5. The molecule has 4 atom stereocenters. The molecule has 0 saturated carbocycles. The van der Waals surface area contributed by atoms with Crippen LogP contribution in [-0.2, 0) is 43.2 Å². The van der Waals surface area contributed by atoms with Gasteiger partial charge in [-0.3, -0.25) is 33.6 Å². The average molecular weight is 1140 g/mol. The van der Waals surface area contributed by atoms with E-state index in [1.165, 1.54) is 51.4 Å². The van der Waals surface area contributed by atoms with Crippen LogP contribution in [0.3, 0.4) is 0 Å². The van der Waals surface area contributed by atoms with Crippen molar-refractivity contribution in [1.29, 1.82) is 0 Å². The number of unbranched alkanes of at least 4 members (excludes halogenated alkanes) is 16. The van der Waals surface area contributed by atoms with Crippen molar-refractivity contribution in [2.45, 2.75) is 199 Å². The SMILES string of the molecule is CSSC.CSSC.CSSC.C[C@@H](CCCCNC(=O)CC[C@H](NC(=O)CC[C@H](NC(=O)CC[C@H](CC(=O)CCCCCCCCCCCCCCCCCCC(=O)O)C(=O)O)C(=O)O)C(=O)O)C(=O)O. The zero-order valence-corrected chi connectivity index (χ0v) is 49.1. The summed E-state index contributed by atoms with van der Waals surface area (Å²) in [5.41, 5.74) is 0. The van der Waals surface area contributed by atoms with Crippen molar-refractivity contribution in [2.24, 2.45) is 11.8 Å². The predicted octanol–water partition coefficient (Wildman–Crippen LogP) is 11.1. The maximum absolute atomic E-state index is 12.6. The molecule has 0 heterocycles. The molecule has 0 bridgehead atoms. The summed E-state index contributed by atoms with van der Waals surface area (Å²) in [7, 11) is 10.6. The van der Waals surface area contributed by atoms with Crippen molar-refractivity contribution in [2.75, 3.05) is 44.1 Å². The van der Waals surface area contributed by atoms with E-state index in [2.05, 4.69) is 53.5 Å². The molecular formula is C49H91N3O14S6. The first kappa shape index (κ1) is 76.0. The van der Waals surface area contributed by atoms with Crippen molar-refractivity contribution in [3.63, 3.8) is 0 Å². The van der Waals surface area contributed by atoms with E-state index in [4.69, 9.17) is 10.2 Å². The van der Waals surface area contributed by atoms with Gasteiger partial charge in [0.25, 0.3) is 0 Å². The van der Waals surface area contributed by atoms with Gasteiger partial charge in [0.15, 0.2) is 0 Å². The third kappa shape index (κ3) is 56.8. The van der Waals surface area contributed by atoms with Gasteiger partial charge in [0.05, 0.1) is 11.8 Å². The van der Waals surface area contributed by atoms with Crippen LogP contribution in [0, 0.1) is 11.8 Å². The molecular weight excluding hydrogens is 1050 g/mol. The van der Waals surface area contributed by atoms with Crippen LogP contribution >= 0.6 is 64.8 Å². The first-order valence-corrected chi connectivity index (χ1v) is 33.9. The summed E-state index contributed by atoms with van der Waals surface area (Å²) in [6, 6.07) is -2.95. The van der Waals surface area contributed by atoms with Gasteiger partial charge in [0.1, 0.15) is 17.9 Å². The highest BCUT2D eigenvalue weighted by molar-refractivity contribution is 8.76. The van der Waals surface area contributed by atoms with Gasteiger partial charge in [0.2, 0.25) is 17.7 Å². The number of carbonyl (C=O) groups is 9. The van der Waals surface area contributed by atoms with E-state index in [0.717, 1.165) is 44.9 Å². The van der Waals surface area contributed by atoms with E-state index in [1.807, 2.05) is 0 Å². The summed E-state index contributed by atoms with van der Waals surface area (Å²) in [6.07, 6.45) is 29.6. The van der Waals surface area contributed by atoms with Crippen molar-refractivity contribution in [3.05, 3.63) is 0 Å². The highest BCUT2D eigenvalue weighted by Crippen LogP contribution is 2.18. The number of carboxylic acids is 5. The Morgan fingerprint density at radius 2 is 0.722 bits per heavy atom. The molecule has 17 nitrogen and oxygen atoms in total. The van der Waals surface area contributed by atoms with Gasteiger partial charge in [-0.25, -0.2) is 9.59 Å². The maximum atomic E-state index is 12.6. The monoisotopic (exact) mass is 1140 g/mol. The van der Waals surface area contributed by atoms with Gasteiger partial charge < -0.3 is 41.5 Å². The molecule has 0 fully saturated rings. The Kier molecular flexibility index (Phi) is 59.4. The molecule has 0 saturated heterocycles. The van der Waals surface area contributed by atoms with Gasteiger partial charge in [-0.05, 0) is 82.5 Å². The number of hydrogen-bond donors (Lipinski definition) is 8. The van der Waals surface area contributed by atoms with Crippen LogP contribution in [0.4, 0.5) is 0 Å². The largest absolute Gasteiger partial charge is 0.481 e. The molecule has 23 heteroatoms. The molecule has 0 rings (SSSR count). The minimum Gasteiger partial charge on any atom is -0.481 e. The number of carbonyl (C=O) groups excluding carboxylic acids is 4. The quantitative estimate of drug-likeness (QED) is 0.0208. The van der Waals surface area contributed by atoms with Crippen molar-refractivity contribution in [3.8, 4) is 0 Å². The number of carboxylic acid groups (broad SMARTS) is 5. The van der Waals surface area contributed by atoms with Gasteiger partial charge >= 0.3 is 29.8 Å². The Bertz CT molecular complexity index is 1440. The average Bonchev–Trinajstić information content (AvgIpc) is 3.34. The highest BCUT2D eigenvalue weighted by atomic mass is 33.1. The molecule has 72 heavy (non-hydrogen) atoms. The fourth-order valence-corrected chi connectivity index (χ4v) is 6.68. The van der Waals surface area contributed by atoms with E-state index in [-0.39, 0.29) is 63.7 Å². The number of amides is 3. The summed E-state index contributed by atoms with van der Waals surface area (Å²) in [5, 5.41) is 53.4. The van der Waals surface area contributed by atoms with Crippen LogP contribution in [0.1, 0.15) is 187 Å². The van der Waals surface area contributed by atoms with Crippen LogP contribution < -0.4 is 16.0 Å². The lowest BCUT2D eigenvalue weighted by Crippen LogP contribution is -2.44. The van der Waals surface area contributed by atoms with Crippen LogP contribution in [0.2, 0.25) is 0 Å². The van der Waals surface area contributed by atoms with Crippen LogP contribution in [0.15, 0.2) is 0 Å². The number of ketones is 1. The first-order chi connectivity index (χ1) is 34.3. The van der Waals surface area contributed by atoms with E-state index < -0.39 is 77.9 Å². The second-order valence-corrected chi connectivity index (χ2v) is 24.9. The molecule has 3 amide bonds. The lowest BCUT2D eigenvalue weighted by molar-refractivity contribution is -0.145. The third-order valence-electron chi connectivity index (χ3n) is 11.0. The fraction of sp³-hybridized carbons (Fsp3) is 0.816. The molecule has 0 radical (unpaired) electrons. The standard InChI is InChI=1S/C43H73N3O14.3C2H6S2/c1-31(40(53)54)20-18-19-29-44-36(48)27-24-34(42(57)58)46-38(50)28-25-35(43(59)60)45-37(49)26-23-32(41(55)56)30-33(47)21-16-14-12-10-8-6-4-2-3-5-7-9-11-13-15-17-22-39(51)52;3*1-3-4-2/h31-32,34-35H,2-30H2,1H3,(H,44,48)(H,45,49)(H,46,50)(H,51,52)(H,53,54)(H,55,56)(H,57,58)(H,59,60);3*1-2H3/t31-,32+,34-,35-;;;/m0.../s1. The summed E-state index contributed by atoms with van der Waals surface area (Å²) in [5.74, 6) is -9.57. The molecule has 0 unspecified atom stereocenters. The van der Waals surface area contributed by atoms with Gasteiger partial charge in [-0.15, -0.1) is 0 Å². The molecule has 0 aliphatic carbocycles. The van der Waals surface area contributed by atoms with Crippen molar-refractivity contribution in [1.82, 2.24) is 16.0 Å². The second kappa shape index (κ2) is 56.3. The normalized spacial score (nSPS) is 12.1. The molecule has 0 aromatic rings. The number of Topliss-reactive ketones (excluding diaryl/α,β-unsaturated/α-hetero) is 1. The smallest absolute Gasteiger partial charge is 0.326 e. The second-order valence-electron chi connectivity index (χ2n) is 16.9. The Balaban J connectivity index is -0.00000172. The van der Waals surface area contributed by atoms with Gasteiger partial charge in [0, 0.05) is 45.1 Å². The topological polar surface area (TPSA) is 291 Å². The van der Waals surface area contributed by atoms with Crippen LogP contribution in [0.25, 0.3) is 0 Å². The fourth-order valence-electron chi connectivity index (χ4n) is 6.68. The Hall–Kier alpha value is -2.47. The number of hydrogen-bond acceptors (Lipinski definition) is 15. The molecule has 0 aromatic heterocycles. The minimum absolute atomic E-state index is 0.187. The van der Waals surface area contributed by atoms with E-state index in [0.29, 0.717) is 25.7 Å². The van der Waals surface area contributed by atoms with Crippen molar-refractivity contribution < 1.29 is 68.7 Å². The maximum Gasteiger partial charge on any atom is 0.326 e. The Morgan fingerprint density at radius 3 is 1.06 bits per heavy atom. The lowest BCUT2D eigenvalue weighted by Gasteiger charge is -2.17. The predicted molar refractivity (Wildman–Crippen MR) is 303 cm³/mol. The van der Waals surface area contributed by atoms with E-state index in [1.54, 1.807) is 71.7 Å². The highest BCUT2D eigenvalue weighted by Gasteiger charge is 2.26. The number of nitrogens with one attached hydrogen (secondary N) is 3. The summed E-state index contributed by atoms with van der Waals surface area (Å²) >= 11 is 0. The Labute approximate surface area is 454 Å². The summed E-state index contributed by atoms with van der Waals surface area (Å²) < 4.78 is 0. The molecule has 8 N–H and O–H groups in total. The van der Waals surface area contributed by atoms with Gasteiger partial charge in [-0.1, -0.05) is 168 Å². The molecule has 0 aliphatic heterocycles. The zero-order valence-electron chi connectivity index (χ0n) is 44.2. The Morgan fingerprint density at radius 1 is 0.375 bits per heavy atom.